The van der Waals surface area contributed by atoms with Crippen LogP contribution in [0, 0.1) is 6.92 Å². The third-order valence-electron chi connectivity index (χ3n) is 5.27. The first-order valence-electron chi connectivity index (χ1n) is 8.75. The first-order valence-corrected chi connectivity index (χ1v) is 8.75. The molecule has 7 heteroatoms. The number of rotatable bonds is 4. The van der Waals surface area contributed by atoms with Gasteiger partial charge in [-0.25, -0.2) is 0 Å². The summed E-state index contributed by atoms with van der Waals surface area (Å²) >= 11 is 0. The number of nitrogens with zero attached hydrogens (tertiary/aromatic N) is 3. The SMILES string of the molecule is Cc1cnc(CNC(=O)[C@@H]2C[C@H]3[C@H](CCN3[C@H]3CCOC3)O2)cn1. The van der Waals surface area contributed by atoms with Crippen molar-refractivity contribution in [3.05, 3.63) is 23.8 Å². The smallest absolute Gasteiger partial charge is 0.249 e. The highest BCUT2D eigenvalue weighted by atomic mass is 16.5. The molecule has 4 rings (SSSR count). The molecule has 0 bridgehead atoms. The van der Waals surface area contributed by atoms with Crippen molar-refractivity contribution in [2.45, 2.75) is 57.0 Å². The van der Waals surface area contributed by atoms with Crippen molar-refractivity contribution >= 4 is 5.91 Å². The van der Waals surface area contributed by atoms with Crippen LogP contribution in [-0.2, 0) is 20.8 Å². The number of fused-ring (bicyclic) bond motifs is 1. The molecule has 4 atom stereocenters. The van der Waals surface area contributed by atoms with Gasteiger partial charge >= 0.3 is 0 Å². The van der Waals surface area contributed by atoms with Crippen LogP contribution in [0.4, 0.5) is 0 Å². The molecule has 0 aliphatic carbocycles. The molecule has 4 heterocycles. The predicted octanol–water partition coefficient (Wildman–Crippen LogP) is 0.422. The first-order chi connectivity index (χ1) is 11.7. The van der Waals surface area contributed by atoms with Crippen LogP contribution < -0.4 is 5.32 Å². The topological polar surface area (TPSA) is 76.6 Å². The van der Waals surface area contributed by atoms with Gasteiger partial charge in [0.2, 0.25) is 5.91 Å². The molecule has 24 heavy (non-hydrogen) atoms. The molecule has 3 aliphatic rings. The predicted molar refractivity (Wildman–Crippen MR) is 86.2 cm³/mol. The van der Waals surface area contributed by atoms with Crippen molar-refractivity contribution in [2.24, 2.45) is 0 Å². The minimum Gasteiger partial charge on any atom is -0.380 e. The summed E-state index contributed by atoms with van der Waals surface area (Å²) in [4.78, 5) is 23.4. The lowest BCUT2D eigenvalue weighted by Gasteiger charge is -2.28. The standard InChI is InChI=1S/C17H24N4O3/c1-11-7-19-12(8-18-11)9-20-17(22)16-6-14-15(24-16)2-4-21(14)13-3-5-23-10-13/h7-8,13-16H,2-6,9-10H2,1H3,(H,20,22)/t13-,14-,15-,16-/m0/s1. The minimum absolute atomic E-state index is 0.0469. The normalized spacial score (nSPS) is 32.9. The van der Waals surface area contributed by atoms with E-state index in [2.05, 4.69) is 20.2 Å². The molecular weight excluding hydrogens is 308 g/mol. The van der Waals surface area contributed by atoms with E-state index >= 15 is 0 Å². The monoisotopic (exact) mass is 332 g/mol. The Balaban J connectivity index is 1.31. The molecule has 0 spiro atoms. The van der Waals surface area contributed by atoms with Crippen molar-refractivity contribution in [1.82, 2.24) is 20.2 Å². The fraction of sp³-hybridized carbons (Fsp3) is 0.706. The number of likely N-dealkylation sites (tertiary alicyclic amines) is 1. The molecular formula is C17H24N4O3. The molecule has 7 nitrogen and oxygen atoms in total. The van der Waals surface area contributed by atoms with Gasteiger partial charge in [-0.1, -0.05) is 0 Å². The Morgan fingerprint density at radius 1 is 1.38 bits per heavy atom. The highest BCUT2D eigenvalue weighted by molar-refractivity contribution is 5.81. The van der Waals surface area contributed by atoms with E-state index in [4.69, 9.17) is 9.47 Å². The van der Waals surface area contributed by atoms with E-state index in [0.29, 0.717) is 18.6 Å². The van der Waals surface area contributed by atoms with E-state index in [1.807, 2.05) is 6.92 Å². The minimum atomic E-state index is -0.358. The van der Waals surface area contributed by atoms with Crippen LogP contribution in [0.1, 0.15) is 30.7 Å². The lowest BCUT2D eigenvalue weighted by molar-refractivity contribution is -0.132. The lowest BCUT2D eigenvalue weighted by Crippen LogP contribution is -2.42. The summed E-state index contributed by atoms with van der Waals surface area (Å²) in [7, 11) is 0. The van der Waals surface area contributed by atoms with Crippen LogP contribution in [0.5, 0.6) is 0 Å². The summed E-state index contributed by atoms with van der Waals surface area (Å²) in [5.74, 6) is -0.0469. The number of ether oxygens (including phenoxy) is 2. The van der Waals surface area contributed by atoms with Crippen LogP contribution in [0.2, 0.25) is 0 Å². The lowest BCUT2D eigenvalue weighted by atomic mass is 10.1. The van der Waals surface area contributed by atoms with Gasteiger partial charge in [-0.15, -0.1) is 0 Å². The molecule has 1 aromatic heterocycles. The Morgan fingerprint density at radius 3 is 3.04 bits per heavy atom. The molecule has 3 saturated heterocycles. The van der Waals surface area contributed by atoms with Gasteiger partial charge in [-0.3, -0.25) is 19.7 Å². The van der Waals surface area contributed by atoms with E-state index in [1.54, 1.807) is 12.4 Å². The Labute approximate surface area is 141 Å². The summed E-state index contributed by atoms with van der Waals surface area (Å²) in [5.41, 5.74) is 1.63. The van der Waals surface area contributed by atoms with Gasteiger partial charge in [0.05, 0.1) is 36.8 Å². The number of carbonyl (C=O) groups excluding carboxylic acids is 1. The third-order valence-corrected chi connectivity index (χ3v) is 5.27. The highest BCUT2D eigenvalue weighted by Gasteiger charge is 2.47. The Hall–Kier alpha value is -1.57. The Kier molecular flexibility index (Phi) is 4.47. The average molecular weight is 332 g/mol. The average Bonchev–Trinajstić information content (AvgIpc) is 3.30. The van der Waals surface area contributed by atoms with Crippen molar-refractivity contribution in [2.75, 3.05) is 19.8 Å². The fourth-order valence-electron chi connectivity index (χ4n) is 3.99. The second-order valence-electron chi connectivity index (χ2n) is 6.88. The second kappa shape index (κ2) is 6.74. The van der Waals surface area contributed by atoms with Crippen LogP contribution >= 0.6 is 0 Å². The van der Waals surface area contributed by atoms with Crippen LogP contribution in [0.25, 0.3) is 0 Å². The van der Waals surface area contributed by atoms with Crippen molar-refractivity contribution in [3.8, 4) is 0 Å². The van der Waals surface area contributed by atoms with Gasteiger partial charge in [0.1, 0.15) is 6.10 Å². The van der Waals surface area contributed by atoms with Gasteiger partial charge in [0.25, 0.3) is 0 Å². The van der Waals surface area contributed by atoms with Gasteiger partial charge in [-0.05, 0) is 19.8 Å². The largest absolute Gasteiger partial charge is 0.380 e. The fourth-order valence-corrected chi connectivity index (χ4v) is 3.99. The molecule has 0 radical (unpaired) electrons. The van der Waals surface area contributed by atoms with Crippen molar-refractivity contribution in [3.63, 3.8) is 0 Å². The summed E-state index contributed by atoms with van der Waals surface area (Å²) in [6.07, 6.45) is 6.10. The highest BCUT2D eigenvalue weighted by Crippen LogP contribution is 2.35. The zero-order valence-corrected chi connectivity index (χ0v) is 14.0. The molecule has 3 aliphatic heterocycles. The zero-order valence-electron chi connectivity index (χ0n) is 14.0. The number of carbonyl (C=O) groups is 1. The number of hydrogen-bond acceptors (Lipinski definition) is 6. The van der Waals surface area contributed by atoms with Crippen LogP contribution in [-0.4, -0.2) is 64.8 Å². The maximum absolute atomic E-state index is 12.4. The van der Waals surface area contributed by atoms with E-state index in [0.717, 1.165) is 50.4 Å². The molecule has 1 aromatic rings. The summed E-state index contributed by atoms with van der Waals surface area (Å²) in [6.45, 7) is 4.99. The number of aromatic nitrogens is 2. The summed E-state index contributed by atoms with van der Waals surface area (Å²) in [5, 5.41) is 2.92. The van der Waals surface area contributed by atoms with Crippen LogP contribution in [0.15, 0.2) is 12.4 Å². The molecule has 3 fully saturated rings. The molecule has 1 amide bonds. The third kappa shape index (κ3) is 3.16. The number of aryl methyl sites for hydroxylation is 1. The van der Waals surface area contributed by atoms with E-state index < -0.39 is 0 Å². The van der Waals surface area contributed by atoms with Gasteiger partial charge in [0, 0.05) is 37.9 Å². The molecule has 0 aromatic carbocycles. The van der Waals surface area contributed by atoms with E-state index in [-0.39, 0.29) is 18.1 Å². The maximum Gasteiger partial charge on any atom is 0.249 e. The quantitative estimate of drug-likeness (QED) is 0.861. The van der Waals surface area contributed by atoms with Gasteiger partial charge in [-0.2, -0.15) is 0 Å². The number of amides is 1. The molecule has 1 N–H and O–H groups in total. The van der Waals surface area contributed by atoms with Gasteiger partial charge in [0.15, 0.2) is 0 Å². The number of nitrogens with one attached hydrogen (secondary N) is 1. The van der Waals surface area contributed by atoms with Crippen LogP contribution in [0.3, 0.4) is 0 Å². The molecule has 0 saturated carbocycles. The second-order valence-corrected chi connectivity index (χ2v) is 6.88. The van der Waals surface area contributed by atoms with Gasteiger partial charge < -0.3 is 14.8 Å². The molecule has 130 valence electrons. The van der Waals surface area contributed by atoms with E-state index in [9.17, 15) is 4.79 Å². The Morgan fingerprint density at radius 2 is 2.29 bits per heavy atom. The Bertz CT molecular complexity index is 588. The van der Waals surface area contributed by atoms with Crippen molar-refractivity contribution in [1.29, 1.82) is 0 Å². The first kappa shape index (κ1) is 15.9. The summed E-state index contributed by atoms with van der Waals surface area (Å²) < 4.78 is 11.5. The van der Waals surface area contributed by atoms with E-state index in [1.165, 1.54) is 0 Å². The number of hydrogen-bond donors (Lipinski definition) is 1. The zero-order chi connectivity index (χ0) is 16.5. The molecule has 0 unspecified atom stereocenters. The maximum atomic E-state index is 12.4. The summed E-state index contributed by atoms with van der Waals surface area (Å²) in [6, 6.07) is 0.847. The van der Waals surface area contributed by atoms with Crippen molar-refractivity contribution < 1.29 is 14.3 Å².